The second-order valence-corrected chi connectivity index (χ2v) is 12.3. The van der Waals surface area contributed by atoms with E-state index in [1.165, 1.54) is 29.8 Å². The molecule has 6 heterocycles. The largest absolute Gasteiger partial charge is 0.508 e. The van der Waals surface area contributed by atoms with Crippen molar-refractivity contribution in [2.24, 2.45) is 0 Å². The minimum atomic E-state index is -0.788. The average molecular weight is 612 g/mol. The van der Waals surface area contributed by atoms with Gasteiger partial charge in [0.1, 0.15) is 47.2 Å². The Labute approximate surface area is 258 Å². The first kappa shape index (κ1) is 28.0. The summed E-state index contributed by atoms with van der Waals surface area (Å²) in [5, 5.41) is 11.6. The van der Waals surface area contributed by atoms with Gasteiger partial charge in [0.05, 0.1) is 23.8 Å². The van der Waals surface area contributed by atoms with Crippen LogP contribution in [0.1, 0.15) is 31.2 Å². The van der Waals surface area contributed by atoms with Crippen LogP contribution >= 0.6 is 0 Å². The fourth-order valence-electron chi connectivity index (χ4n) is 7.48. The monoisotopic (exact) mass is 611 g/mol. The molecule has 4 aliphatic heterocycles. The molecule has 0 saturated carbocycles. The number of aromatic hydroxyl groups is 1. The molecule has 3 fully saturated rings. The van der Waals surface area contributed by atoms with Crippen molar-refractivity contribution >= 4 is 27.5 Å². The summed E-state index contributed by atoms with van der Waals surface area (Å²) in [6, 6.07) is 5.31. The smallest absolute Gasteiger partial charge is 0.319 e. The van der Waals surface area contributed by atoms with Gasteiger partial charge in [-0.2, -0.15) is 9.97 Å². The number of hydrogen-bond donors (Lipinski definition) is 1. The van der Waals surface area contributed by atoms with E-state index in [2.05, 4.69) is 32.3 Å². The van der Waals surface area contributed by atoms with Gasteiger partial charge < -0.3 is 24.2 Å². The lowest BCUT2D eigenvalue weighted by Crippen LogP contribution is -2.43. The fourth-order valence-corrected chi connectivity index (χ4v) is 7.48. The average Bonchev–Trinajstić information content (AvgIpc) is 3.38. The first-order valence-corrected chi connectivity index (χ1v) is 15.2. The highest BCUT2D eigenvalue weighted by molar-refractivity contribution is 6.04. The Morgan fingerprint density at radius 3 is 2.89 bits per heavy atom. The molecular formula is C34H31F2N5O4. The number of benzene rings is 2. The minimum Gasteiger partial charge on any atom is -0.508 e. The number of rotatable bonds is 4. The molecule has 45 heavy (non-hydrogen) atoms. The van der Waals surface area contributed by atoms with Crippen LogP contribution in [0.2, 0.25) is 0 Å². The van der Waals surface area contributed by atoms with Crippen LogP contribution in [0.15, 0.2) is 36.4 Å². The number of anilines is 1. The molecule has 2 aromatic heterocycles. The van der Waals surface area contributed by atoms with E-state index in [-0.39, 0.29) is 63.6 Å². The Bertz CT molecular complexity index is 1940. The molecule has 0 bridgehead atoms. The highest BCUT2D eigenvalue weighted by Crippen LogP contribution is 2.44. The molecule has 0 unspecified atom stereocenters. The topological polar surface area (TPSA) is 93.1 Å². The van der Waals surface area contributed by atoms with Crippen LogP contribution in [-0.4, -0.2) is 82.6 Å². The summed E-state index contributed by atoms with van der Waals surface area (Å²) in [5.41, 5.74) is 0.805. The summed E-state index contributed by atoms with van der Waals surface area (Å²) in [6.07, 6.45) is 9.33. The van der Waals surface area contributed by atoms with Crippen molar-refractivity contribution in [3.05, 3.63) is 53.6 Å². The molecule has 8 rings (SSSR count). The summed E-state index contributed by atoms with van der Waals surface area (Å²) in [5.74, 6) is 1.38. The van der Waals surface area contributed by atoms with Gasteiger partial charge in [0.15, 0.2) is 5.82 Å². The molecule has 0 spiro atoms. The van der Waals surface area contributed by atoms with Crippen LogP contribution in [0.3, 0.4) is 0 Å². The van der Waals surface area contributed by atoms with Crippen molar-refractivity contribution in [3.8, 4) is 41.2 Å². The molecular weight excluding hydrogens is 580 g/mol. The Morgan fingerprint density at radius 2 is 2.02 bits per heavy atom. The molecule has 0 aliphatic carbocycles. The van der Waals surface area contributed by atoms with Gasteiger partial charge in [-0.3, -0.25) is 4.90 Å². The van der Waals surface area contributed by atoms with Crippen molar-refractivity contribution < 1.29 is 28.1 Å². The fraction of sp³-hybridized carbons (Fsp3) is 0.382. The Kier molecular flexibility index (Phi) is 6.55. The number of ether oxygens (including phenoxy) is 3. The predicted octanol–water partition coefficient (Wildman–Crippen LogP) is 4.97. The van der Waals surface area contributed by atoms with Gasteiger partial charge in [-0.1, -0.05) is 24.1 Å². The van der Waals surface area contributed by atoms with Gasteiger partial charge >= 0.3 is 6.01 Å². The van der Waals surface area contributed by atoms with Crippen LogP contribution < -0.4 is 14.4 Å². The van der Waals surface area contributed by atoms with Crippen molar-refractivity contribution in [2.75, 3.05) is 51.0 Å². The summed E-state index contributed by atoms with van der Waals surface area (Å²) in [7, 11) is 0. The maximum Gasteiger partial charge on any atom is 0.319 e. The van der Waals surface area contributed by atoms with E-state index in [4.69, 9.17) is 25.6 Å². The van der Waals surface area contributed by atoms with Crippen molar-refractivity contribution in [3.63, 3.8) is 0 Å². The van der Waals surface area contributed by atoms with E-state index in [9.17, 15) is 9.50 Å². The number of hydrogen-bond acceptors (Lipinski definition) is 9. The first-order chi connectivity index (χ1) is 21.8. The second kappa shape index (κ2) is 10.5. The Hall–Kier alpha value is -4.53. The van der Waals surface area contributed by atoms with Crippen LogP contribution in [-0.2, 0) is 4.74 Å². The molecule has 3 saturated heterocycles. The molecule has 2 atom stereocenters. The van der Waals surface area contributed by atoms with E-state index < -0.39 is 11.6 Å². The minimum absolute atomic E-state index is 0.0418. The lowest BCUT2D eigenvalue weighted by molar-refractivity contribution is 0.108. The van der Waals surface area contributed by atoms with E-state index in [1.807, 2.05) is 0 Å². The predicted molar refractivity (Wildman–Crippen MR) is 165 cm³/mol. The SMILES string of the molecule is C#Cc1c(F)ccc2cc(O)cc(-c3nc4c5c(nc(OC[C@@]67CCCN6CC(=C)C7)nc5c3F)N3CCCOC[C@H]3CO4)c12. The van der Waals surface area contributed by atoms with Gasteiger partial charge in [-0.15, -0.1) is 6.42 Å². The number of phenolic OH excluding ortho intramolecular Hbond substituents is 1. The lowest BCUT2D eigenvalue weighted by Gasteiger charge is -2.31. The number of nitrogens with zero attached hydrogens (tertiary/aromatic N) is 5. The molecule has 9 nitrogen and oxygen atoms in total. The third kappa shape index (κ3) is 4.46. The molecule has 230 valence electrons. The summed E-state index contributed by atoms with van der Waals surface area (Å²) < 4.78 is 50.3. The third-order valence-electron chi connectivity index (χ3n) is 9.49. The summed E-state index contributed by atoms with van der Waals surface area (Å²) in [4.78, 5) is 18.6. The maximum atomic E-state index is 16.9. The van der Waals surface area contributed by atoms with Crippen LogP contribution in [0.4, 0.5) is 14.6 Å². The Morgan fingerprint density at radius 1 is 1.13 bits per heavy atom. The van der Waals surface area contributed by atoms with Crippen molar-refractivity contribution in [1.29, 1.82) is 0 Å². The van der Waals surface area contributed by atoms with E-state index >= 15 is 4.39 Å². The zero-order valence-electron chi connectivity index (χ0n) is 24.6. The van der Waals surface area contributed by atoms with Crippen LogP contribution in [0.5, 0.6) is 17.6 Å². The number of halogens is 2. The van der Waals surface area contributed by atoms with Crippen molar-refractivity contribution in [2.45, 2.75) is 37.3 Å². The molecule has 11 heteroatoms. The molecule has 0 radical (unpaired) electrons. The van der Waals surface area contributed by atoms with Gasteiger partial charge in [0.25, 0.3) is 0 Å². The summed E-state index contributed by atoms with van der Waals surface area (Å²) >= 11 is 0. The van der Waals surface area contributed by atoms with Crippen LogP contribution in [0.25, 0.3) is 32.9 Å². The molecule has 1 N–H and O–H groups in total. The molecule has 4 aliphatic rings. The van der Waals surface area contributed by atoms with Gasteiger partial charge in [-0.25, -0.2) is 13.8 Å². The van der Waals surface area contributed by atoms with E-state index in [0.29, 0.717) is 43.0 Å². The highest BCUT2D eigenvalue weighted by Gasteiger charge is 2.46. The quantitative estimate of drug-likeness (QED) is 0.254. The van der Waals surface area contributed by atoms with Gasteiger partial charge in [0, 0.05) is 30.6 Å². The lowest BCUT2D eigenvalue weighted by atomic mass is 9.94. The number of aromatic nitrogens is 3. The highest BCUT2D eigenvalue weighted by atomic mass is 19.1. The van der Waals surface area contributed by atoms with Gasteiger partial charge in [-0.05, 0) is 55.8 Å². The van der Waals surface area contributed by atoms with Crippen LogP contribution in [0, 0.1) is 24.0 Å². The third-order valence-corrected chi connectivity index (χ3v) is 9.49. The maximum absolute atomic E-state index is 16.9. The van der Waals surface area contributed by atoms with E-state index in [1.54, 1.807) is 0 Å². The zero-order chi connectivity index (χ0) is 30.9. The number of phenols is 1. The molecule has 4 aromatic rings. The zero-order valence-corrected chi connectivity index (χ0v) is 24.6. The van der Waals surface area contributed by atoms with Crippen molar-refractivity contribution in [1.82, 2.24) is 19.9 Å². The second-order valence-electron chi connectivity index (χ2n) is 12.3. The Balaban J connectivity index is 1.34. The molecule has 0 amide bonds. The number of terminal acetylenes is 1. The molecule has 2 aromatic carbocycles. The van der Waals surface area contributed by atoms with Gasteiger partial charge in [0.2, 0.25) is 5.88 Å². The first-order valence-electron chi connectivity index (χ1n) is 15.2. The number of fused-ring (bicyclic) bond motifs is 4. The van der Waals surface area contributed by atoms with E-state index in [0.717, 1.165) is 38.8 Å². The standard InChI is InChI=1S/C34H31F2N5O4/c1-3-23-25(35)7-6-20-12-22(42)13-24(26(20)23)29-28(36)30-27-31(41-10-5-11-43-16-21(41)17-44-32(27)37-29)39-33(38-30)45-18-34-8-4-9-40(34)15-19(2)14-34/h1,6-7,12-13,21,42H,2,4-5,8-11,14-18H2/t21-,34-/m0/s1. The summed E-state index contributed by atoms with van der Waals surface area (Å²) in [6.45, 7) is 8.18. The number of pyridine rings is 1. The normalized spacial score (nSPS) is 22.9.